The Bertz CT molecular complexity index is 4430. The molecule has 6 aliphatic rings. The summed E-state index contributed by atoms with van der Waals surface area (Å²) in [6, 6.07) is 76.6. The largest absolute Gasteiger partial charge is 0.361 e. The number of hydrogen-bond acceptors (Lipinski definition) is 0. The quantitative estimate of drug-likeness (QED) is 0.0556. The van der Waals surface area contributed by atoms with Gasteiger partial charge < -0.3 is 5.53 Å². The van der Waals surface area contributed by atoms with Crippen LogP contribution in [0.3, 0.4) is 0 Å². The first-order chi connectivity index (χ1) is 41.0. The molecule has 11 aromatic rings. The van der Waals surface area contributed by atoms with Crippen molar-refractivity contribution in [3.8, 4) is 34.8 Å². The van der Waals surface area contributed by atoms with Crippen molar-refractivity contribution in [1.82, 2.24) is 0 Å². The molecule has 0 saturated carbocycles. The first-order valence-corrected chi connectivity index (χ1v) is 30.2. The van der Waals surface area contributed by atoms with Gasteiger partial charge in [-0.25, -0.2) is 0 Å². The first kappa shape index (κ1) is 52.3. The van der Waals surface area contributed by atoms with Crippen molar-refractivity contribution >= 4 is 27.3 Å². The third-order valence-corrected chi connectivity index (χ3v) is 19.6. The molecule has 0 N–H and O–H groups in total. The maximum atomic E-state index is 12.0. The van der Waals surface area contributed by atoms with Crippen LogP contribution in [0.1, 0.15) is 176 Å². The molecule has 0 unspecified atom stereocenters. The molecule has 0 aromatic heterocycles. The van der Waals surface area contributed by atoms with Crippen molar-refractivity contribution in [2.75, 3.05) is 0 Å². The van der Waals surface area contributed by atoms with Crippen LogP contribution in [0, 0.1) is 51.4 Å². The smallest absolute Gasteiger partial charge is 0.331 e. The summed E-state index contributed by atoms with van der Waals surface area (Å²) in [4.78, 5) is 4.47. The molecule has 11 aromatic carbocycles. The van der Waals surface area contributed by atoms with Crippen molar-refractivity contribution < 1.29 is 4.79 Å². The van der Waals surface area contributed by atoms with Gasteiger partial charge in [-0.05, 0) is 196 Å². The maximum Gasteiger partial charge on any atom is 0.331 e. The molecule has 0 amide bonds. The van der Waals surface area contributed by atoms with Crippen molar-refractivity contribution in [3.05, 3.63) is 334 Å². The van der Waals surface area contributed by atoms with Crippen LogP contribution in [0.15, 0.2) is 206 Å². The summed E-state index contributed by atoms with van der Waals surface area (Å²) in [6.45, 7) is 22.5. The first-order valence-electron chi connectivity index (χ1n) is 30.2. The van der Waals surface area contributed by atoms with E-state index in [1.807, 2.05) is 0 Å². The van der Waals surface area contributed by atoms with Gasteiger partial charge in [0.25, 0.3) is 0 Å². The lowest BCUT2D eigenvalue weighted by Crippen LogP contribution is -2.41. The normalized spacial score (nSPS) is 18.1. The molecule has 0 fully saturated rings. The van der Waals surface area contributed by atoms with E-state index in [2.05, 4.69) is 304 Å². The number of fused-ring (bicyclic) bond motifs is 2. The highest BCUT2D eigenvalue weighted by atomic mass is 14.9. The summed E-state index contributed by atoms with van der Waals surface area (Å²) in [5, 5.41) is 4.03. The maximum absolute atomic E-state index is 12.0. The van der Waals surface area contributed by atoms with Crippen LogP contribution in [-0.2, 0) is 21.7 Å². The third kappa shape index (κ3) is 7.49. The Labute approximate surface area is 500 Å². The van der Waals surface area contributed by atoms with E-state index in [1.54, 1.807) is 0 Å². The summed E-state index contributed by atoms with van der Waals surface area (Å²) in [5.41, 5.74) is 39.2. The van der Waals surface area contributed by atoms with Crippen LogP contribution in [-0.4, -0.2) is 10.5 Å². The molecule has 408 valence electrons. The molecule has 0 atom stereocenters. The summed E-state index contributed by atoms with van der Waals surface area (Å²) in [6.07, 6.45) is 0. The molecule has 0 radical (unpaired) electrons. The molecule has 6 aliphatic carbocycles. The lowest BCUT2D eigenvalue weighted by molar-refractivity contribution is -0.00265. The highest BCUT2D eigenvalue weighted by Crippen LogP contribution is 2.60. The average molecular weight is 1090 g/mol. The van der Waals surface area contributed by atoms with Crippen molar-refractivity contribution in [2.45, 2.75) is 103 Å². The zero-order chi connectivity index (χ0) is 58.5. The molecule has 4 bridgehead atoms. The highest BCUT2D eigenvalue weighted by molar-refractivity contribution is 6.29. The lowest BCUT2D eigenvalue weighted by atomic mass is 9.53. The Hall–Kier alpha value is -9.56. The topological polar surface area (TPSA) is 36.4 Å². The minimum absolute atomic E-state index is 0.0504. The molecule has 0 aliphatic heterocycles. The SMILES string of the molecule is Cc1cc(C(C)(C)C)cc(C)c1C(=[N+]=[N-])c1c2cc(C#CC34c5ccccc5C(c5ccccc53)c3ccccc34)ccc2c(-c2c(C)cc(C(C)(C)C)cc2C)c2ccc(C#CC34c5ccccc5C(c5ccccc53)c3ccccc34)cc12. The van der Waals surface area contributed by atoms with E-state index in [0.717, 1.165) is 60.5 Å². The Morgan fingerprint density at radius 2 is 0.671 bits per heavy atom. The second-order valence-corrected chi connectivity index (χ2v) is 26.6. The molecule has 0 heterocycles. The van der Waals surface area contributed by atoms with E-state index in [9.17, 15) is 5.53 Å². The molecular formula is C83H66N2. The predicted molar refractivity (Wildman–Crippen MR) is 351 cm³/mol. The van der Waals surface area contributed by atoms with Gasteiger partial charge in [0, 0.05) is 23.0 Å². The fourth-order valence-corrected chi connectivity index (χ4v) is 15.8. The second kappa shape index (κ2) is 18.7. The standard InChI is InChI=1S/C83H66N2/c1-49-43-55(80(5,6)7)44-50(2)73(49)77-57-37-35-53(39-41-82-67-29-17-11-23-59(67)75(60-24-12-18-30-68(60)82)61-25-13-19-31-69(61)82)47-65(57)78(79(85-84)74-51(3)45-56(46-52(74)4)81(8,9)10)66-48-54(36-38-58(66)77)40-42-83-70-32-20-14-26-62(70)76(63-27-15-21-33-71(63)83)64-28-16-22-34-72(64)83/h11-38,43-48,75-76H,1-10H3. The van der Waals surface area contributed by atoms with Gasteiger partial charge in [0.2, 0.25) is 0 Å². The van der Waals surface area contributed by atoms with Crippen LogP contribution in [0.2, 0.25) is 0 Å². The minimum Gasteiger partial charge on any atom is -0.361 e. The van der Waals surface area contributed by atoms with E-state index < -0.39 is 10.8 Å². The van der Waals surface area contributed by atoms with Crippen molar-refractivity contribution in [3.63, 3.8) is 0 Å². The van der Waals surface area contributed by atoms with Gasteiger partial charge >= 0.3 is 5.71 Å². The monoisotopic (exact) mass is 1090 g/mol. The van der Waals surface area contributed by atoms with Crippen LogP contribution in [0.25, 0.3) is 38.2 Å². The number of nitrogens with zero attached hydrogens (tertiary/aromatic N) is 2. The van der Waals surface area contributed by atoms with Gasteiger partial charge in [-0.2, -0.15) is 4.79 Å². The zero-order valence-corrected chi connectivity index (χ0v) is 50.2. The van der Waals surface area contributed by atoms with Gasteiger partial charge in [-0.15, -0.1) is 0 Å². The third-order valence-electron chi connectivity index (χ3n) is 19.6. The Morgan fingerprint density at radius 3 is 0.976 bits per heavy atom. The molecule has 17 rings (SSSR count). The van der Waals surface area contributed by atoms with E-state index in [1.165, 1.54) is 94.6 Å². The van der Waals surface area contributed by atoms with Crippen LogP contribution in [0.4, 0.5) is 0 Å². The van der Waals surface area contributed by atoms with Crippen LogP contribution < -0.4 is 0 Å². The van der Waals surface area contributed by atoms with E-state index >= 15 is 0 Å². The molecule has 2 nitrogen and oxygen atoms in total. The Kier molecular flexibility index (Phi) is 11.5. The fraction of sp³-hybridized carbons (Fsp3) is 0.193. The van der Waals surface area contributed by atoms with E-state index in [-0.39, 0.29) is 22.7 Å². The van der Waals surface area contributed by atoms with Gasteiger partial charge in [-0.3, -0.25) is 0 Å². The summed E-state index contributed by atoms with van der Waals surface area (Å²) >= 11 is 0. The molecule has 0 spiro atoms. The van der Waals surface area contributed by atoms with Crippen LogP contribution in [0.5, 0.6) is 0 Å². The van der Waals surface area contributed by atoms with Crippen LogP contribution >= 0.6 is 0 Å². The van der Waals surface area contributed by atoms with Gasteiger partial charge in [0.1, 0.15) is 10.8 Å². The van der Waals surface area contributed by atoms with E-state index in [4.69, 9.17) is 0 Å². The average Bonchev–Trinajstić information content (AvgIpc) is 0.799. The van der Waals surface area contributed by atoms with Gasteiger partial charge in [0.15, 0.2) is 0 Å². The number of aryl methyl sites for hydroxylation is 4. The number of benzene rings is 11. The van der Waals surface area contributed by atoms with Crippen molar-refractivity contribution in [2.24, 2.45) is 0 Å². The van der Waals surface area contributed by atoms with Crippen molar-refractivity contribution in [1.29, 1.82) is 0 Å². The Morgan fingerprint density at radius 1 is 0.365 bits per heavy atom. The number of rotatable bonds is 3. The summed E-state index contributed by atoms with van der Waals surface area (Å²) < 4.78 is 0. The second-order valence-electron chi connectivity index (χ2n) is 26.6. The number of hydrogen-bond donors (Lipinski definition) is 0. The Balaban J connectivity index is 1.05. The molecule has 85 heavy (non-hydrogen) atoms. The fourth-order valence-electron chi connectivity index (χ4n) is 15.8. The summed E-state index contributed by atoms with van der Waals surface area (Å²) in [5.74, 6) is 16.2. The molecule has 0 saturated heterocycles. The minimum atomic E-state index is -0.708. The lowest BCUT2D eigenvalue weighted by Gasteiger charge is -2.48. The van der Waals surface area contributed by atoms with E-state index in [0.29, 0.717) is 5.71 Å². The van der Waals surface area contributed by atoms with Gasteiger partial charge in [0.05, 0.1) is 11.1 Å². The zero-order valence-electron chi connectivity index (χ0n) is 50.2. The summed E-state index contributed by atoms with van der Waals surface area (Å²) in [7, 11) is 0. The highest BCUT2D eigenvalue weighted by Gasteiger charge is 2.52. The molecular weight excluding hydrogens is 1020 g/mol. The van der Waals surface area contributed by atoms with Gasteiger partial charge in [-0.1, -0.05) is 247 Å². The predicted octanol–water partition coefficient (Wildman–Crippen LogP) is 18.9. The molecule has 2 heteroatoms.